The summed E-state index contributed by atoms with van der Waals surface area (Å²) in [6.07, 6.45) is 1.12. The van der Waals surface area contributed by atoms with Crippen LogP contribution in [0.2, 0.25) is 0 Å². The molecule has 0 aliphatic carbocycles. The number of aliphatic hydroxyl groups is 2. The molecule has 4 nitrogen and oxygen atoms in total. The molecule has 0 bridgehead atoms. The molecule has 4 heteroatoms. The summed E-state index contributed by atoms with van der Waals surface area (Å²) in [6, 6.07) is 24.4. The molecule has 0 aromatic heterocycles. The summed E-state index contributed by atoms with van der Waals surface area (Å²) in [5, 5.41) is 34.2. The first-order chi connectivity index (χ1) is 13.1. The highest BCUT2D eigenvalue weighted by Gasteiger charge is 2.31. The number of aromatic hydroxyl groups is 1. The number of benzene rings is 3. The van der Waals surface area contributed by atoms with E-state index in [1.54, 1.807) is 12.1 Å². The predicted molar refractivity (Wildman–Crippen MR) is 108 cm³/mol. The zero-order chi connectivity index (χ0) is 19.1. The summed E-state index contributed by atoms with van der Waals surface area (Å²) in [4.78, 5) is 0. The summed E-state index contributed by atoms with van der Waals surface area (Å²) in [6.45, 7) is 0.308. The summed E-state index contributed by atoms with van der Waals surface area (Å²) < 4.78 is 0. The van der Waals surface area contributed by atoms with Crippen molar-refractivity contribution in [1.29, 1.82) is 0 Å². The Morgan fingerprint density at radius 1 is 0.778 bits per heavy atom. The van der Waals surface area contributed by atoms with Gasteiger partial charge < -0.3 is 20.6 Å². The fourth-order valence-corrected chi connectivity index (χ4v) is 3.28. The van der Waals surface area contributed by atoms with Crippen molar-refractivity contribution in [2.45, 2.75) is 18.4 Å². The van der Waals surface area contributed by atoms with Crippen molar-refractivity contribution in [2.24, 2.45) is 0 Å². The minimum atomic E-state index is -1.22. The summed E-state index contributed by atoms with van der Waals surface area (Å²) in [5.41, 5.74) is 1.87. The molecule has 140 valence electrons. The second-order valence-corrected chi connectivity index (χ2v) is 6.58. The van der Waals surface area contributed by atoms with Gasteiger partial charge in [-0.15, -0.1) is 0 Å². The van der Waals surface area contributed by atoms with Crippen LogP contribution in [0, 0.1) is 0 Å². The molecule has 0 aliphatic rings. The average molecular weight is 363 g/mol. The Hall–Kier alpha value is -2.82. The highest BCUT2D eigenvalue weighted by atomic mass is 16.3. The van der Waals surface area contributed by atoms with Gasteiger partial charge in [-0.2, -0.15) is 0 Å². The number of hydrogen-bond donors (Lipinski definition) is 4. The first-order valence-corrected chi connectivity index (χ1v) is 9.14. The summed E-state index contributed by atoms with van der Waals surface area (Å²) in [5.74, 6) is 0.191. The SMILES string of the molecule is OCCCc1c(O)cccc1NCC(O)(c1ccccc1)c1ccccc1. The van der Waals surface area contributed by atoms with Gasteiger partial charge in [-0.3, -0.25) is 0 Å². The van der Waals surface area contributed by atoms with Crippen LogP contribution in [0.3, 0.4) is 0 Å². The number of aliphatic hydroxyl groups excluding tert-OH is 1. The first kappa shape index (κ1) is 19.0. The minimum Gasteiger partial charge on any atom is -0.508 e. The summed E-state index contributed by atoms with van der Waals surface area (Å²) >= 11 is 0. The van der Waals surface area contributed by atoms with Gasteiger partial charge in [-0.1, -0.05) is 66.7 Å². The van der Waals surface area contributed by atoms with Crippen molar-refractivity contribution in [3.8, 4) is 5.75 Å². The molecule has 3 aromatic carbocycles. The van der Waals surface area contributed by atoms with Crippen molar-refractivity contribution >= 4 is 5.69 Å². The van der Waals surface area contributed by atoms with E-state index < -0.39 is 5.60 Å². The molecule has 4 N–H and O–H groups in total. The van der Waals surface area contributed by atoms with E-state index in [1.165, 1.54) is 0 Å². The van der Waals surface area contributed by atoms with Crippen molar-refractivity contribution in [3.63, 3.8) is 0 Å². The number of rotatable bonds is 8. The number of anilines is 1. The lowest BCUT2D eigenvalue weighted by Gasteiger charge is -2.30. The average Bonchev–Trinajstić information content (AvgIpc) is 2.72. The number of nitrogens with one attached hydrogen (secondary N) is 1. The second kappa shape index (κ2) is 8.71. The number of phenols is 1. The molecule has 3 aromatic rings. The fourth-order valence-electron chi connectivity index (χ4n) is 3.28. The second-order valence-electron chi connectivity index (χ2n) is 6.58. The van der Waals surface area contributed by atoms with E-state index in [0.29, 0.717) is 12.8 Å². The minimum absolute atomic E-state index is 0.0613. The molecule has 0 aliphatic heterocycles. The van der Waals surface area contributed by atoms with Crippen molar-refractivity contribution in [1.82, 2.24) is 0 Å². The third kappa shape index (κ3) is 4.30. The molecule has 0 unspecified atom stereocenters. The molecule has 0 amide bonds. The van der Waals surface area contributed by atoms with Crippen LogP contribution in [0.25, 0.3) is 0 Å². The van der Waals surface area contributed by atoms with Crippen molar-refractivity contribution in [2.75, 3.05) is 18.5 Å². The van der Waals surface area contributed by atoms with Gasteiger partial charge in [0.15, 0.2) is 0 Å². The molecule has 0 radical (unpaired) electrons. The monoisotopic (exact) mass is 363 g/mol. The Labute approximate surface area is 159 Å². The van der Waals surface area contributed by atoms with Gasteiger partial charge in [-0.25, -0.2) is 0 Å². The molecule has 0 saturated carbocycles. The third-order valence-corrected chi connectivity index (χ3v) is 4.77. The Morgan fingerprint density at radius 3 is 1.93 bits per heavy atom. The van der Waals surface area contributed by atoms with Gasteiger partial charge in [0, 0.05) is 17.9 Å². The standard InChI is InChI=1S/C23H25NO3/c25-16-8-13-20-21(14-7-15-22(20)26)24-17-23(27,18-9-3-1-4-10-18)19-11-5-2-6-12-19/h1-7,9-12,14-15,24-27H,8,13,16-17H2. The van der Waals surface area contributed by atoms with Crippen LogP contribution >= 0.6 is 0 Å². The van der Waals surface area contributed by atoms with Crippen LogP contribution < -0.4 is 5.32 Å². The highest BCUT2D eigenvalue weighted by Crippen LogP contribution is 2.32. The highest BCUT2D eigenvalue weighted by molar-refractivity contribution is 5.58. The molecule has 0 heterocycles. The molecule has 0 saturated heterocycles. The lowest BCUT2D eigenvalue weighted by atomic mass is 9.86. The van der Waals surface area contributed by atoms with E-state index >= 15 is 0 Å². The lowest BCUT2D eigenvalue weighted by molar-refractivity contribution is 0.0950. The Morgan fingerprint density at radius 2 is 1.37 bits per heavy atom. The maximum Gasteiger partial charge on any atom is 0.132 e. The normalized spacial score (nSPS) is 11.3. The topological polar surface area (TPSA) is 72.7 Å². The molecule has 27 heavy (non-hydrogen) atoms. The molecule has 0 spiro atoms. The Balaban J connectivity index is 1.92. The van der Waals surface area contributed by atoms with Crippen molar-refractivity contribution < 1.29 is 15.3 Å². The van der Waals surface area contributed by atoms with Gasteiger partial charge in [-0.05, 0) is 36.1 Å². The maximum absolute atomic E-state index is 11.6. The fraction of sp³-hybridized carbons (Fsp3) is 0.217. The molecule has 3 rings (SSSR count). The first-order valence-electron chi connectivity index (χ1n) is 9.14. The molecular formula is C23H25NO3. The van der Waals surface area contributed by atoms with Crippen LogP contribution in [-0.4, -0.2) is 28.5 Å². The van der Waals surface area contributed by atoms with E-state index in [4.69, 9.17) is 5.11 Å². The van der Waals surface area contributed by atoms with Gasteiger partial charge >= 0.3 is 0 Å². The summed E-state index contributed by atoms with van der Waals surface area (Å²) in [7, 11) is 0. The quantitative estimate of drug-likeness (QED) is 0.493. The predicted octanol–water partition coefficient (Wildman–Crippen LogP) is 3.67. The maximum atomic E-state index is 11.6. The van der Waals surface area contributed by atoms with Crippen LogP contribution in [0.4, 0.5) is 5.69 Å². The van der Waals surface area contributed by atoms with Crippen LogP contribution in [0.15, 0.2) is 78.9 Å². The van der Waals surface area contributed by atoms with Crippen LogP contribution in [-0.2, 0) is 12.0 Å². The third-order valence-electron chi connectivity index (χ3n) is 4.77. The molecule has 0 atom stereocenters. The van der Waals surface area contributed by atoms with Crippen LogP contribution in [0.5, 0.6) is 5.75 Å². The Bertz CT molecular complexity index is 811. The van der Waals surface area contributed by atoms with Gasteiger partial charge in [0.1, 0.15) is 11.4 Å². The van der Waals surface area contributed by atoms with E-state index in [0.717, 1.165) is 22.4 Å². The van der Waals surface area contributed by atoms with E-state index in [9.17, 15) is 10.2 Å². The van der Waals surface area contributed by atoms with Crippen molar-refractivity contribution in [3.05, 3.63) is 95.6 Å². The van der Waals surface area contributed by atoms with Gasteiger partial charge in [0.05, 0.1) is 6.54 Å². The Kier molecular flexibility index (Phi) is 6.12. The smallest absolute Gasteiger partial charge is 0.132 e. The largest absolute Gasteiger partial charge is 0.508 e. The van der Waals surface area contributed by atoms with Crippen LogP contribution in [0.1, 0.15) is 23.1 Å². The molecule has 0 fully saturated rings. The number of hydrogen-bond acceptors (Lipinski definition) is 4. The number of phenolic OH excluding ortho intramolecular Hbond substituents is 1. The molecular weight excluding hydrogens is 338 g/mol. The van der Waals surface area contributed by atoms with E-state index in [2.05, 4.69) is 5.32 Å². The zero-order valence-corrected chi connectivity index (χ0v) is 15.2. The van der Waals surface area contributed by atoms with E-state index in [1.807, 2.05) is 66.7 Å². The van der Waals surface area contributed by atoms with Gasteiger partial charge in [0.25, 0.3) is 0 Å². The van der Waals surface area contributed by atoms with E-state index in [-0.39, 0.29) is 18.9 Å². The lowest BCUT2D eigenvalue weighted by Crippen LogP contribution is -2.35. The zero-order valence-electron chi connectivity index (χ0n) is 15.2. The van der Waals surface area contributed by atoms with Gasteiger partial charge in [0.2, 0.25) is 0 Å².